The fraction of sp³-hybridized carbons (Fsp3) is 0.333. The SMILES string of the molecule is CCCC[C@@H]1CN(c2ccccc2)c2cc(Br)c(OC)cc2S(=O)(=O)N1Cc1ccc(OC)cc1. The number of ether oxygens (including phenoxy) is 2. The van der Waals surface area contributed by atoms with E-state index in [-0.39, 0.29) is 17.5 Å². The highest BCUT2D eigenvalue weighted by Crippen LogP contribution is 2.43. The molecule has 0 fully saturated rings. The van der Waals surface area contributed by atoms with E-state index in [4.69, 9.17) is 9.47 Å². The van der Waals surface area contributed by atoms with Gasteiger partial charge in [-0.3, -0.25) is 0 Å². The smallest absolute Gasteiger partial charge is 0.245 e. The highest BCUT2D eigenvalue weighted by atomic mass is 79.9. The Morgan fingerprint density at radius 3 is 2.34 bits per heavy atom. The van der Waals surface area contributed by atoms with Gasteiger partial charge in [0.15, 0.2) is 0 Å². The van der Waals surface area contributed by atoms with Gasteiger partial charge in [-0.15, -0.1) is 0 Å². The van der Waals surface area contributed by atoms with Gasteiger partial charge in [-0.05, 0) is 58.2 Å². The monoisotopic (exact) mass is 558 g/mol. The number of halogens is 1. The number of fused-ring (bicyclic) bond motifs is 1. The fourth-order valence-electron chi connectivity index (χ4n) is 4.47. The van der Waals surface area contributed by atoms with Crippen molar-refractivity contribution in [1.82, 2.24) is 4.31 Å². The summed E-state index contributed by atoms with van der Waals surface area (Å²) >= 11 is 3.57. The zero-order valence-corrected chi connectivity index (χ0v) is 22.7. The number of unbranched alkanes of at least 4 members (excludes halogenated alkanes) is 1. The molecule has 1 aliphatic rings. The molecule has 4 rings (SSSR count). The van der Waals surface area contributed by atoms with E-state index in [1.54, 1.807) is 24.6 Å². The highest BCUT2D eigenvalue weighted by molar-refractivity contribution is 9.10. The molecule has 186 valence electrons. The van der Waals surface area contributed by atoms with Gasteiger partial charge in [0, 0.05) is 30.9 Å². The van der Waals surface area contributed by atoms with Gasteiger partial charge in [-0.2, -0.15) is 4.31 Å². The molecule has 0 N–H and O–H groups in total. The first-order valence-electron chi connectivity index (χ1n) is 11.7. The molecule has 0 saturated heterocycles. The zero-order chi connectivity index (χ0) is 25.0. The van der Waals surface area contributed by atoms with Crippen LogP contribution in [0.3, 0.4) is 0 Å². The predicted octanol–water partition coefficient (Wildman–Crippen LogP) is 6.37. The molecule has 8 heteroatoms. The summed E-state index contributed by atoms with van der Waals surface area (Å²) in [4.78, 5) is 2.36. The maximum absolute atomic E-state index is 14.3. The molecule has 35 heavy (non-hydrogen) atoms. The Hall–Kier alpha value is -2.55. The number of sulfonamides is 1. The van der Waals surface area contributed by atoms with Gasteiger partial charge in [0.25, 0.3) is 0 Å². The zero-order valence-electron chi connectivity index (χ0n) is 20.3. The minimum absolute atomic E-state index is 0.209. The maximum Gasteiger partial charge on any atom is 0.245 e. The van der Waals surface area contributed by atoms with Gasteiger partial charge in [0.05, 0.1) is 24.4 Å². The maximum atomic E-state index is 14.3. The minimum Gasteiger partial charge on any atom is -0.497 e. The number of benzene rings is 3. The summed E-state index contributed by atoms with van der Waals surface area (Å²) in [5, 5.41) is 0. The first kappa shape index (κ1) is 25.5. The van der Waals surface area contributed by atoms with E-state index >= 15 is 0 Å². The largest absolute Gasteiger partial charge is 0.497 e. The summed E-state index contributed by atoms with van der Waals surface area (Å²) in [7, 11) is -0.677. The van der Waals surface area contributed by atoms with E-state index < -0.39 is 10.0 Å². The van der Waals surface area contributed by atoms with E-state index in [1.165, 1.54) is 0 Å². The Balaban J connectivity index is 1.88. The van der Waals surface area contributed by atoms with Gasteiger partial charge in [-0.1, -0.05) is 50.1 Å². The van der Waals surface area contributed by atoms with E-state index in [0.717, 1.165) is 36.3 Å². The van der Waals surface area contributed by atoms with Crippen LogP contribution in [-0.2, 0) is 16.6 Å². The highest BCUT2D eigenvalue weighted by Gasteiger charge is 2.39. The number of rotatable bonds is 8. The Kier molecular flexibility index (Phi) is 8.04. The Morgan fingerprint density at radius 1 is 1.00 bits per heavy atom. The summed E-state index contributed by atoms with van der Waals surface area (Å²) in [6, 6.07) is 20.8. The average Bonchev–Trinajstić information content (AvgIpc) is 2.96. The van der Waals surface area contributed by atoms with E-state index in [1.807, 2.05) is 60.7 Å². The number of para-hydroxylation sites is 1. The van der Waals surface area contributed by atoms with Crippen molar-refractivity contribution in [2.24, 2.45) is 0 Å². The number of hydrogen-bond acceptors (Lipinski definition) is 5. The third-order valence-corrected chi connectivity index (χ3v) is 8.91. The van der Waals surface area contributed by atoms with Crippen LogP contribution in [0, 0.1) is 0 Å². The molecule has 0 saturated carbocycles. The third kappa shape index (κ3) is 5.34. The van der Waals surface area contributed by atoms with Crippen LogP contribution in [0.2, 0.25) is 0 Å². The minimum atomic E-state index is -3.84. The van der Waals surface area contributed by atoms with Crippen molar-refractivity contribution in [3.8, 4) is 11.5 Å². The van der Waals surface area contributed by atoms with Crippen molar-refractivity contribution in [3.05, 3.63) is 76.8 Å². The normalized spacial score (nSPS) is 17.5. The van der Waals surface area contributed by atoms with Crippen LogP contribution in [0.5, 0.6) is 11.5 Å². The molecular formula is C27H31BrN2O4S. The van der Waals surface area contributed by atoms with Crippen molar-refractivity contribution in [1.29, 1.82) is 0 Å². The van der Waals surface area contributed by atoms with E-state index in [2.05, 4.69) is 27.8 Å². The summed E-state index contributed by atoms with van der Waals surface area (Å²) in [5.74, 6) is 1.22. The molecule has 3 aromatic rings. The molecule has 1 atom stereocenters. The second kappa shape index (κ2) is 11.0. The summed E-state index contributed by atoms with van der Waals surface area (Å²) < 4.78 is 41.7. The van der Waals surface area contributed by atoms with Gasteiger partial charge in [0.2, 0.25) is 10.0 Å². The second-order valence-corrected chi connectivity index (χ2v) is 11.3. The molecular weight excluding hydrogens is 528 g/mol. The first-order valence-corrected chi connectivity index (χ1v) is 14.0. The molecule has 1 heterocycles. The number of anilines is 2. The molecule has 6 nitrogen and oxygen atoms in total. The van der Waals surface area contributed by atoms with Crippen LogP contribution in [0.4, 0.5) is 11.4 Å². The quantitative estimate of drug-likeness (QED) is 0.321. The lowest BCUT2D eigenvalue weighted by molar-refractivity contribution is 0.300. The van der Waals surface area contributed by atoms with Crippen molar-refractivity contribution >= 4 is 37.3 Å². The Bertz CT molecular complexity index is 1250. The molecule has 0 spiro atoms. The molecule has 3 aromatic carbocycles. The molecule has 0 bridgehead atoms. The Labute approximate surface area is 216 Å². The predicted molar refractivity (Wildman–Crippen MR) is 143 cm³/mol. The first-order chi connectivity index (χ1) is 16.9. The fourth-order valence-corrected chi connectivity index (χ4v) is 6.79. The average molecular weight is 560 g/mol. The molecule has 0 radical (unpaired) electrons. The van der Waals surface area contributed by atoms with Gasteiger partial charge >= 0.3 is 0 Å². The third-order valence-electron chi connectivity index (χ3n) is 6.37. The summed E-state index contributed by atoms with van der Waals surface area (Å²) in [6.07, 6.45) is 2.69. The molecule has 0 amide bonds. The van der Waals surface area contributed by atoms with E-state index in [0.29, 0.717) is 22.5 Å². The lowest BCUT2D eigenvalue weighted by Crippen LogP contribution is -2.43. The van der Waals surface area contributed by atoms with E-state index in [9.17, 15) is 8.42 Å². The van der Waals surface area contributed by atoms with Gasteiger partial charge in [0.1, 0.15) is 16.4 Å². The molecule has 1 aliphatic heterocycles. The van der Waals surface area contributed by atoms with Crippen LogP contribution in [0.15, 0.2) is 76.1 Å². The van der Waals surface area contributed by atoms with Crippen molar-refractivity contribution < 1.29 is 17.9 Å². The molecule has 0 aliphatic carbocycles. The van der Waals surface area contributed by atoms with Crippen molar-refractivity contribution in [2.45, 2.75) is 43.7 Å². The lowest BCUT2D eigenvalue weighted by atomic mass is 10.1. The number of nitrogens with zero attached hydrogens (tertiary/aromatic N) is 2. The van der Waals surface area contributed by atoms with Crippen LogP contribution in [0.1, 0.15) is 31.7 Å². The summed E-state index contributed by atoms with van der Waals surface area (Å²) in [5.41, 5.74) is 2.51. The van der Waals surface area contributed by atoms with Crippen LogP contribution in [-0.4, -0.2) is 39.5 Å². The van der Waals surface area contributed by atoms with Crippen LogP contribution < -0.4 is 14.4 Å². The van der Waals surface area contributed by atoms with Crippen LogP contribution >= 0.6 is 15.9 Å². The van der Waals surface area contributed by atoms with Gasteiger partial charge < -0.3 is 14.4 Å². The molecule has 0 aromatic heterocycles. The standard InChI is InChI=1S/C27H31BrN2O4S/c1-4-5-9-22-19-29(21-10-7-6-8-11-21)25-16-24(28)26(34-3)17-27(25)35(31,32)30(22)18-20-12-14-23(33-2)15-13-20/h6-8,10-17,22H,4-5,9,18-19H2,1-3H3/t22-/m1/s1. The van der Waals surface area contributed by atoms with Crippen LogP contribution in [0.25, 0.3) is 0 Å². The number of methoxy groups -OCH3 is 2. The van der Waals surface area contributed by atoms with Gasteiger partial charge in [-0.25, -0.2) is 8.42 Å². The summed E-state index contributed by atoms with van der Waals surface area (Å²) in [6.45, 7) is 2.96. The van der Waals surface area contributed by atoms with Crippen molar-refractivity contribution in [2.75, 3.05) is 25.7 Å². The van der Waals surface area contributed by atoms with Crippen molar-refractivity contribution in [3.63, 3.8) is 0 Å². The Morgan fingerprint density at radius 2 is 1.71 bits per heavy atom. The number of hydrogen-bond donors (Lipinski definition) is 0. The lowest BCUT2D eigenvalue weighted by Gasteiger charge is -2.31. The second-order valence-electron chi connectivity index (χ2n) is 8.60. The molecule has 0 unspecified atom stereocenters. The topological polar surface area (TPSA) is 59.1 Å².